The van der Waals surface area contributed by atoms with E-state index in [-0.39, 0.29) is 0 Å². The molecule has 1 saturated heterocycles. The van der Waals surface area contributed by atoms with E-state index in [1.807, 2.05) is 19.1 Å². The van der Waals surface area contributed by atoms with E-state index in [0.29, 0.717) is 11.6 Å². The molecule has 0 spiro atoms. The summed E-state index contributed by atoms with van der Waals surface area (Å²) in [5.41, 5.74) is 1.47. The number of pyridine rings is 1. The van der Waals surface area contributed by atoms with Gasteiger partial charge in [-0.15, -0.1) is 0 Å². The Labute approximate surface area is 108 Å². The summed E-state index contributed by atoms with van der Waals surface area (Å²) < 4.78 is 5.20. The Bertz CT molecular complexity index is 445. The van der Waals surface area contributed by atoms with Gasteiger partial charge in [-0.1, -0.05) is 6.07 Å². The standard InChI is InChI=1S/C14H19N3O/c1-11-3-4-14(16-13(11)9-15)17-7-5-12(6-8-17)10-18-2/h3-4,12H,5-8,10H2,1-2H3. The molecule has 0 aromatic carbocycles. The molecular formula is C14H19N3O. The molecule has 1 aliphatic heterocycles. The van der Waals surface area contributed by atoms with Gasteiger partial charge in [-0.05, 0) is 37.3 Å². The Morgan fingerprint density at radius 3 is 2.78 bits per heavy atom. The average Bonchev–Trinajstić information content (AvgIpc) is 2.41. The van der Waals surface area contributed by atoms with Crippen molar-refractivity contribution in [3.05, 3.63) is 23.4 Å². The molecule has 2 rings (SSSR count). The Morgan fingerprint density at radius 1 is 1.44 bits per heavy atom. The van der Waals surface area contributed by atoms with Crippen LogP contribution in [0.15, 0.2) is 12.1 Å². The van der Waals surface area contributed by atoms with Crippen molar-refractivity contribution in [2.24, 2.45) is 5.92 Å². The number of ether oxygens (including phenoxy) is 1. The van der Waals surface area contributed by atoms with E-state index in [0.717, 1.165) is 43.9 Å². The summed E-state index contributed by atoms with van der Waals surface area (Å²) in [6, 6.07) is 6.13. The van der Waals surface area contributed by atoms with Gasteiger partial charge < -0.3 is 9.64 Å². The van der Waals surface area contributed by atoms with Crippen molar-refractivity contribution in [2.75, 3.05) is 31.7 Å². The predicted octanol–water partition coefficient (Wildman–Crippen LogP) is 2.12. The van der Waals surface area contributed by atoms with E-state index in [2.05, 4.69) is 16.0 Å². The number of hydrogen-bond acceptors (Lipinski definition) is 4. The molecule has 1 aromatic rings. The number of anilines is 1. The molecule has 18 heavy (non-hydrogen) atoms. The summed E-state index contributed by atoms with van der Waals surface area (Å²) in [6.45, 7) is 4.75. The van der Waals surface area contributed by atoms with Gasteiger partial charge in [0.2, 0.25) is 0 Å². The van der Waals surface area contributed by atoms with E-state index in [1.54, 1.807) is 7.11 Å². The molecule has 0 saturated carbocycles. The summed E-state index contributed by atoms with van der Waals surface area (Å²) in [5, 5.41) is 9.01. The summed E-state index contributed by atoms with van der Waals surface area (Å²) >= 11 is 0. The third kappa shape index (κ3) is 2.80. The van der Waals surface area contributed by atoms with Crippen LogP contribution in [-0.2, 0) is 4.74 Å². The van der Waals surface area contributed by atoms with Crippen LogP contribution in [0.25, 0.3) is 0 Å². The maximum atomic E-state index is 9.01. The molecule has 0 unspecified atom stereocenters. The van der Waals surface area contributed by atoms with Crippen LogP contribution in [-0.4, -0.2) is 31.8 Å². The van der Waals surface area contributed by atoms with Crippen molar-refractivity contribution in [2.45, 2.75) is 19.8 Å². The number of rotatable bonds is 3. The van der Waals surface area contributed by atoms with Gasteiger partial charge in [-0.25, -0.2) is 4.98 Å². The first-order chi connectivity index (χ1) is 8.74. The lowest BCUT2D eigenvalue weighted by Crippen LogP contribution is -2.35. The highest BCUT2D eigenvalue weighted by Crippen LogP contribution is 2.22. The minimum Gasteiger partial charge on any atom is -0.384 e. The van der Waals surface area contributed by atoms with E-state index in [1.165, 1.54) is 0 Å². The fourth-order valence-corrected chi connectivity index (χ4v) is 2.37. The smallest absolute Gasteiger partial charge is 0.145 e. The van der Waals surface area contributed by atoms with Crippen LogP contribution in [0.5, 0.6) is 0 Å². The van der Waals surface area contributed by atoms with Crippen molar-refractivity contribution in [3.8, 4) is 6.07 Å². The first kappa shape index (κ1) is 12.8. The Morgan fingerprint density at radius 2 is 2.17 bits per heavy atom. The molecule has 0 bridgehead atoms. The maximum absolute atomic E-state index is 9.01. The Hall–Kier alpha value is -1.60. The SMILES string of the molecule is COCC1CCN(c2ccc(C)c(C#N)n2)CC1. The monoisotopic (exact) mass is 245 g/mol. The fraction of sp³-hybridized carbons (Fsp3) is 0.571. The Balaban J connectivity index is 2.04. The van der Waals surface area contributed by atoms with Crippen molar-refractivity contribution >= 4 is 5.82 Å². The van der Waals surface area contributed by atoms with E-state index >= 15 is 0 Å². The molecular weight excluding hydrogens is 226 g/mol. The zero-order valence-electron chi connectivity index (χ0n) is 11.0. The van der Waals surface area contributed by atoms with Gasteiger partial charge in [-0.2, -0.15) is 5.26 Å². The van der Waals surface area contributed by atoms with E-state index in [4.69, 9.17) is 10.00 Å². The predicted molar refractivity (Wildman–Crippen MR) is 70.5 cm³/mol. The molecule has 2 heterocycles. The van der Waals surface area contributed by atoms with Crippen LogP contribution < -0.4 is 4.90 Å². The van der Waals surface area contributed by atoms with Gasteiger partial charge in [0, 0.05) is 26.8 Å². The quantitative estimate of drug-likeness (QED) is 0.818. The molecule has 0 aliphatic carbocycles. The number of methoxy groups -OCH3 is 1. The van der Waals surface area contributed by atoms with E-state index in [9.17, 15) is 0 Å². The van der Waals surface area contributed by atoms with Crippen LogP contribution in [0.3, 0.4) is 0 Å². The number of aromatic nitrogens is 1. The van der Waals surface area contributed by atoms with Crippen LogP contribution in [0, 0.1) is 24.2 Å². The van der Waals surface area contributed by atoms with Crippen molar-refractivity contribution in [1.29, 1.82) is 5.26 Å². The number of nitrogens with zero attached hydrogens (tertiary/aromatic N) is 3. The molecule has 1 aliphatic rings. The minimum absolute atomic E-state index is 0.534. The number of piperidine rings is 1. The maximum Gasteiger partial charge on any atom is 0.145 e. The first-order valence-electron chi connectivity index (χ1n) is 6.36. The van der Waals surface area contributed by atoms with Crippen LogP contribution in [0.1, 0.15) is 24.1 Å². The fourth-order valence-electron chi connectivity index (χ4n) is 2.37. The van der Waals surface area contributed by atoms with Gasteiger partial charge in [-0.3, -0.25) is 0 Å². The van der Waals surface area contributed by atoms with Crippen molar-refractivity contribution in [3.63, 3.8) is 0 Å². The lowest BCUT2D eigenvalue weighted by Gasteiger charge is -2.32. The summed E-state index contributed by atoms with van der Waals surface area (Å²) in [5.74, 6) is 1.58. The lowest BCUT2D eigenvalue weighted by atomic mass is 9.98. The molecule has 0 radical (unpaired) electrons. The zero-order valence-corrected chi connectivity index (χ0v) is 11.0. The second-order valence-corrected chi connectivity index (χ2v) is 4.83. The number of hydrogen-bond donors (Lipinski definition) is 0. The van der Waals surface area contributed by atoms with Gasteiger partial charge in [0.1, 0.15) is 17.6 Å². The van der Waals surface area contributed by atoms with Crippen LogP contribution in [0.4, 0.5) is 5.82 Å². The van der Waals surface area contributed by atoms with Crippen LogP contribution >= 0.6 is 0 Å². The first-order valence-corrected chi connectivity index (χ1v) is 6.36. The second-order valence-electron chi connectivity index (χ2n) is 4.83. The Kier molecular flexibility index (Phi) is 4.16. The summed E-state index contributed by atoms with van der Waals surface area (Å²) in [4.78, 5) is 6.68. The van der Waals surface area contributed by atoms with Gasteiger partial charge >= 0.3 is 0 Å². The molecule has 0 N–H and O–H groups in total. The average molecular weight is 245 g/mol. The summed E-state index contributed by atoms with van der Waals surface area (Å²) in [7, 11) is 1.76. The van der Waals surface area contributed by atoms with E-state index < -0.39 is 0 Å². The minimum atomic E-state index is 0.534. The van der Waals surface area contributed by atoms with Crippen molar-refractivity contribution < 1.29 is 4.74 Å². The topological polar surface area (TPSA) is 49.1 Å². The third-order valence-corrected chi connectivity index (χ3v) is 3.53. The normalized spacial score (nSPS) is 16.6. The highest BCUT2D eigenvalue weighted by molar-refractivity contribution is 5.45. The second kappa shape index (κ2) is 5.83. The van der Waals surface area contributed by atoms with Gasteiger partial charge in [0.15, 0.2) is 0 Å². The molecule has 1 fully saturated rings. The zero-order chi connectivity index (χ0) is 13.0. The lowest BCUT2D eigenvalue weighted by molar-refractivity contribution is 0.139. The highest BCUT2D eigenvalue weighted by atomic mass is 16.5. The molecule has 4 nitrogen and oxygen atoms in total. The largest absolute Gasteiger partial charge is 0.384 e. The number of nitriles is 1. The molecule has 0 amide bonds. The van der Waals surface area contributed by atoms with Gasteiger partial charge in [0.05, 0.1) is 0 Å². The van der Waals surface area contributed by atoms with Crippen molar-refractivity contribution in [1.82, 2.24) is 4.98 Å². The molecule has 1 aromatic heterocycles. The van der Waals surface area contributed by atoms with Gasteiger partial charge in [0.25, 0.3) is 0 Å². The summed E-state index contributed by atoms with van der Waals surface area (Å²) in [6.07, 6.45) is 2.26. The molecule has 4 heteroatoms. The number of aryl methyl sites for hydroxylation is 1. The highest BCUT2D eigenvalue weighted by Gasteiger charge is 2.20. The molecule has 0 atom stereocenters. The molecule has 96 valence electrons. The van der Waals surface area contributed by atoms with Crippen LogP contribution in [0.2, 0.25) is 0 Å². The third-order valence-electron chi connectivity index (χ3n) is 3.53.